The van der Waals surface area contributed by atoms with Crippen molar-refractivity contribution in [2.75, 3.05) is 45.3 Å². The van der Waals surface area contributed by atoms with Gasteiger partial charge in [0.15, 0.2) is 0 Å². The van der Waals surface area contributed by atoms with E-state index in [0.29, 0.717) is 19.0 Å². The molecule has 1 aliphatic rings. The zero-order valence-electron chi connectivity index (χ0n) is 11.6. The Labute approximate surface area is 110 Å². The van der Waals surface area contributed by atoms with E-state index in [1.54, 1.807) is 0 Å². The summed E-state index contributed by atoms with van der Waals surface area (Å²) in [5.41, 5.74) is -0.263. The van der Waals surface area contributed by atoms with Crippen LogP contribution in [0.2, 0.25) is 0 Å². The standard InChI is InChI=1S/C12H26N2O3S/c1-4-13-12(10-15,11-5-6-11)9-14(2)7-8-18(3,16)17/h11,13,15H,4-10H2,1-3H3. The minimum absolute atomic E-state index is 0.106. The highest BCUT2D eigenvalue weighted by Gasteiger charge is 2.44. The highest BCUT2D eigenvalue weighted by Crippen LogP contribution is 2.39. The van der Waals surface area contributed by atoms with E-state index in [9.17, 15) is 13.5 Å². The fourth-order valence-corrected chi connectivity index (χ4v) is 3.08. The highest BCUT2D eigenvalue weighted by molar-refractivity contribution is 7.90. The van der Waals surface area contributed by atoms with E-state index in [0.717, 1.165) is 19.4 Å². The predicted octanol–water partition coefficient (Wildman–Crippen LogP) is -0.287. The average molecular weight is 278 g/mol. The number of nitrogens with one attached hydrogen (secondary N) is 1. The van der Waals surface area contributed by atoms with Crippen molar-refractivity contribution < 1.29 is 13.5 Å². The number of aliphatic hydroxyl groups is 1. The minimum Gasteiger partial charge on any atom is -0.394 e. The second-order valence-electron chi connectivity index (χ2n) is 5.49. The van der Waals surface area contributed by atoms with Crippen molar-refractivity contribution in [1.29, 1.82) is 0 Å². The van der Waals surface area contributed by atoms with Gasteiger partial charge in [-0.3, -0.25) is 0 Å². The number of aliphatic hydroxyl groups excluding tert-OH is 1. The first-order valence-corrected chi connectivity index (χ1v) is 8.61. The monoisotopic (exact) mass is 278 g/mol. The maximum absolute atomic E-state index is 11.2. The molecule has 1 rings (SSSR count). The van der Waals surface area contributed by atoms with Crippen LogP contribution in [0, 0.1) is 5.92 Å². The third kappa shape index (κ3) is 4.84. The van der Waals surface area contributed by atoms with Crippen LogP contribution >= 0.6 is 0 Å². The van der Waals surface area contributed by atoms with Crippen LogP contribution in [0.4, 0.5) is 0 Å². The molecule has 1 aliphatic carbocycles. The highest BCUT2D eigenvalue weighted by atomic mass is 32.2. The lowest BCUT2D eigenvalue weighted by Crippen LogP contribution is -2.57. The van der Waals surface area contributed by atoms with Crippen LogP contribution in [-0.4, -0.2) is 69.3 Å². The fourth-order valence-electron chi connectivity index (χ4n) is 2.43. The number of nitrogens with zero attached hydrogens (tertiary/aromatic N) is 1. The summed E-state index contributed by atoms with van der Waals surface area (Å²) in [6.07, 6.45) is 3.55. The molecule has 108 valence electrons. The Kier molecular flexibility index (Phi) is 5.58. The number of hydrogen-bond donors (Lipinski definition) is 2. The van der Waals surface area contributed by atoms with Crippen molar-refractivity contribution in [3.8, 4) is 0 Å². The molecule has 0 saturated heterocycles. The molecule has 0 heterocycles. The van der Waals surface area contributed by atoms with E-state index >= 15 is 0 Å². The van der Waals surface area contributed by atoms with Crippen LogP contribution in [0.25, 0.3) is 0 Å². The fraction of sp³-hybridized carbons (Fsp3) is 1.00. The molecule has 0 radical (unpaired) electrons. The molecular weight excluding hydrogens is 252 g/mol. The lowest BCUT2D eigenvalue weighted by molar-refractivity contribution is 0.104. The summed E-state index contributed by atoms with van der Waals surface area (Å²) < 4.78 is 22.3. The maximum atomic E-state index is 11.2. The smallest absolute Gasteiger partial charge is 0.148 e. The second-order valence-corrected chi connectivity index (χ2v) is 7.75. The zero-order valence-corrected chi connectivity index (χ0v) is 12.5. The number of sulfone groups is 1. The van der Waals surface area contributed by atoms with Gasteiger partial charge in [-0.1, -0.05) is 6.92 Å². The van der Waals surface area contributed by atoms with Gasteiger partial charge in [0.2, 0.25) is 0 Å². The van der Waals surface area contributed by atoms with Crippen LogP contribution in [0.5, 0.6) is 0 Å². The lowest BCUT2D eigenvalue weighted by Gasteiger charge is -2.37. The third-order valence-corrected chi connectivity index (χ3v) is 4.49. The van der Waals surface area contributed by atoms with Gasteiger partial charge in [-0.15, -0.1) is 0 Å². The van der Waals surface area contributed by atoms with Gasteiger partial charge < -0.3 is 15.3 Å². The molecule has 1 unspecified atom stereocenters. The van der Waals surface area contributed by atoms with Crippen LogP contribution in [-0.2, 0) is 9.84 Å². The van der Waals surface area contributed by atoms with Crippen LogP contribution < -0.4 is 5.32 Å². The number of hydrogen-bond acceptors (Lipinski definition) is 5. The molecule has 0 aromatic heterocycles. The molecule has 0 spiro atoms. The summed E-state index contributed by atoms with van der Waals surface area (Å²) in [5.74, 6) is 0.685. The molecule has 6 heteroatoms. The summed E-state index contributed by atoms with van der Waals surface area (Å²) in [5, 5.41) is 13.1. The summed E-state index contributed by atoms with van der Waals surface area (Å²) in [4.78, 5) is 2.00. The molecule has 0 aliphatic heterocycles. The Morgan fingerprint density at radius 2 is 2.06 bits per heavy atom. The van der Waals surface area contributed by atoms with Crippen molar-refractivity contribution in [2.24, 2.45) is 5.92 Å². The Morgan fingerprint density at radius 3 is 2.44 bits per heavy atom. The molecule has 0 bridgehead atoms. The van der Waals surface area contributed by atoms with Crippen LogP contribution in [0.15, 0.2) is 0 Å². The number of likely N-dealkylation sites (N-methyl/N-ethyl adjacent to an activating group) is 2. The molecule has 1 atom stereocenters. The summed E-state index contributed by atoms with van der Waals surface area (Å²) in [6, 6.07) is 0. The Hall–Kier alpha value is -0.170. The van der Waals surface area contributed by atoms with E-state index in [2.05, 4.69) is 5.32 Å². The summed E-state index contributed by atoms with van der Waals surface area (Å²) in [7, 11) is -1.01. The molecule has 0 aromatic carbocycles. The van der Waals surface area contributed by atoms with Gasteiger partial charge in [-0.2, -0.15) is 0 Å². The SMILES string of the molecule is CCNC(CO)(CN(C)CCS(C)(=O)=O)C1CC1. The predicted molar refractivity (Wildman–Crippen MR) is 73.4 cm³/mol. The van der Waals surface area contributed by atoms with Gasteiger partial charge in [0.05, 0.1) is 17.9 Å². The van der Waals surface area contributed by atoms with E-state index in [4.69, 9.17) is 0 Å². The van der Waals surface area contributed by atoms with Crippen molar-refractivity contribution in [3.05, 3.63) is 0 Å². The van der Waals surface area contributed by atoms with Crippen LogP contribution in [0.3, 0.4) is 0 Å². The molecule has 5 nitrogen and oxygen atoms in total. The molecule has 1 saturated carbocycles. The van der Waals surface area contributed by atoms with Crippen molar-refractivity contribution in [1.82, 2.24) is 10.2 Å². The molecule has 2 N–H and O–H groups in total. The van der Waals surface area contributed by atoms with Crippen molar-refractivity contribution >= 4 is 9.84 Å². The molecule has 0 aromatic rings. The minimum atomic E-state index is -2.92. The third-order valence-electron chi connectivity index (χ3n) is 3.57. The van der Waals surface area contributed by atoms with E-state index in [-0.39, 0.29) is 17.9 Å². The van der Waals surface area contributed by atoms with Gasteiger partial charge in [0.25, 0.3) is 0 Å². The first-order valence-electron chi connectivity index (χ1n) is 6.55. The molecular formula is C12H26N2O3S. The topological polar surface area (TPSA) is 69.6 Å². The van der Waals surface area contributed by atoms with Gasteiger partial charge in [0.1, 0.15) is 9.84 Å². The molecule has 18 heavy (non-hydrogen) atoms. The van der Waals surface area contributed by atoms with Crippen molar-refractivity contribution in [2.45, 2.75) is 25.3 Å². The first kappa shape index (κ1) is 15.9. The second kappa shape index (κ2) is 6.32. The Balaban J connectivity index is 2.54. The number of rotatable bonds is 9. The zero-order chi connectivity index (χ0) is 13.8. The Morgan fingerprint density at radius 1 is 1.44 bits per heavy atom. The summed E-state index contributed by atoms with van der Waals surface area (Å²) in [6.45, 7) is 4.16. The van der Waals surface area contributed by atoms with Gasteiger partial charge >= 0.3 is 0 Å². The Bertz CT molecular complexity index is 354. The first-order chi connectivity index (χ1) is 8.33. The normalized spacial score (nSPS) is 20.1. The van der Waals surface area contributed by atoms with Crippen LogP contribution in [0.1, 0.15) is 19.8 Å². The van der Waals surface area contributed by atoms with Gasteiger partial charge in [-0.05, 0) is 32.4 Å². The average Bonchev–Trinajstić information content (AvgIpc) is 3.09. The lowest BCUT2D eigenvalue weighted by atomic mass is 9.93. The molecule has 0 amide bonds. The quantitative estimate of drug-likeness (QED) is 0.607. The largest absolute Gasteiger partial charge is 0.394 e. The van der Waals surface area contributed by atoms with E-state index in [1.165, 1.54) is 6.26 Å². The van der Waals surface area contributed by atoms with Gasteiger partial charge in [-0.25, -0.2) is 8.42 Å². The maximum Gasteiger partial charge on any atom is 0.148 e. The van der Waals surface area contributed by atoms with E-state index < -0.39 is 9.84 Å². The van der Waals surface area contributed by atoms with Crippen molar-refractivity contribution in [3.63, 3.8) is 0 Å². The summed E-state index contributed by atoms with van der Waals surface area (Å²) >= 11 is 0. The van der Waals surface area contributed by atoms with E-state index in [1.807, 2.05) is 18.9 Å². The van der Waals surface area contributed by atoms with Gasteiger partial charge in [0, 0.05) is 19.3 Å². The molecule has 1 fully saturated rings.